The van der Waals surface area contributed by atoms with Crippen LogP contribution in [0.1, 0.15) is 12.8 Å². The quantitative estimate of drug-likeness (QED) is 0.511. The summed E-state index contributed by atoms with van der Waals surface area (Å²) in [6, 6.07) is 0. The summed E-state index contributed by atoms with van der Waals surface area (Å²) in [5.41, 5.74) is 0. The third-order valence-electron chi connectivity index (χ3n) is 1.42. The molecule has 0 aromatic carbocycles. The van der Waals surface area contributed by atoms with Crippen molar-refractivity contribution in [3.8, 4) is 0 Å². The van der Waals surface area contributed by atoms with E-state index in [2.05, 4.69) is 0 Å². The summed E-state index contributed by atoms with van der Waals surface area (Å²) in [7, 11) is -1.28. The molecule has 0 aliphatic heterocycles. The van der Waals surface area contributed by atoms with Crippen molar-refractivity contribution in [2.45, 2.75) is 12.8 Å². The Hall–Kier alpha value is 0.717. The van der Waals surface area contributed by atoms with Crippen LogP contribution in [-0.4, -0.2) is 20.9 Å². The highest BCUT2D eigenvalue weighted by molar-refractivity contribution is 7.39. The van der Waals surface area contributed by atoms with Crippen molar-refractivity contribution in [3.63, 3.8) is 0 Å². The monoisotopic (exact) mass is 200 g/mol. The lowest BCUT2D eigenvalue weighted by atomic mass is 10.5. The van der Waals surface area contributed by atoms with E-state index in [1.54, 1.807) is 0 Å². The maximum atomic E-state index is 5.65. The Morgan fingerprint density at radius 1 is 1.50 bits per heavy atom. The molecule has 1 fully saturated rings. The third kappa shape index (κ3) is 3.21. The van der Waals surface area contributed by atoms with Crippen molar-refractivity contribution in [2.24, 2.45) is 5.92 Å². The molecule has 0 aromatic heterocycles. The van der Waals surface area contributed by atoms with Gasteiger partial charge < -0.3 is 8.85 Å². The van der Waals surface area contributed by atoms with Crippen molar-refractivity contribution in [2.75, 3.05) is 13.7 Å². The first-order chi connectivity index (χ1) is 4.64. The van der Waals surface area contributed by atoms with Crippen LogP contribution in [0.15, 0.2) is 0 Å². The Morgan fingerprint density at radius 2 is 2.10 bits per heavy atom. The topological polar surface area (TPSA) is 18.5 Å². The van der Waals surface area contributed by atoms with Gasteiger partial charge in [-0.2, -0.15) is 0 Å². The Morgan fingerprint density at radius 3 is 2.50 bits per heavy atom. The number of halogens is 2. The fraction of sp³-hybridized carbons (Fsp3) is 1.00. The fourth-order valence-corrected chi connectivity index (χ4v) is 1.48. The zero-order valence-corrected chi connectivity index (χ0v) is 8.28. The van der Waals surface area contributed by atoms with Crippen molar-refractivity contribution >= 4 is 29.3 Å². The van der Waals surface area contributed by atoms with Crippen molar-refractivity contribution in [3.05, 3.63) is 0 Å². The molecule has 0 bridgehead atoms. The zero-order valence-electron chi connectivity index (χ0n) is 5.77. The minimum Gasteiger partial charge on any atom is -0.375 e. The number of hydrogen-bond acceptors (Lipinski definition) is 2. The smallest absolute Gasteiger partial charge is 0.375 e. The maximum Gasteiger partial charge on any atom is 0.551 e. The number of rotatable bonds is 4. The highest BCUT2D eigenvalue weighted by Crippen LogP contribution is 2.31. The average molecular weight is 201 g/mol. The summed E-state index contributed by atoms with van der Waals surface area (Å²) in [6.07, 6.45) is 2.48. The predicted molar refractivity (Wildman–Crippen MR) is 43.1 cm³/mol. The van der Waals surface area contributed by atoms with E-state index in [0.29, 0.717) is 12.5 Å². The van der Waals surface area contributed by atoms with Crippen LogP contribution in [0.25, 0.3) is 0 Å². The molecule has 10 heavy (non-hydrogen) atoms. The molecular weight excluding hydrogens is 191 g/mol. The van der Waals surface area contributed by atoms with Gasteiger partial charge in [0.2, 0.25) is 0 Å². The summed E-state index contributed by atoms with van der Waals surface area (Å²) < 4.78 is 9.91. The lowest BCUT2D eigenvalue weighted by Gasteiger charge is -2.13. The van der Waals surface area contributed by atoms with Crippen molar-refractivity contribution in [1.29, 1.82) is 0 Å². The molecule has 0 amide bonds. The van der Waals surface area contributed by atoms with Crippen LogP contribution < -0.4 is 0 Å². The van der Waals surface area contributed by atoms with E-state index in [-0.39, 0.29) is 0 Å². The van der Waals surface area contributed by atoms with Gasteiger partial charge in [-0.05, 0) is 18.8 Å². The van der Waals surface area contributed by atoms with E-state index in [9.17, 15) is 0 Å². The lowest BCUT2D eigenvalue weighted by Crippen LogP contribution is -2.28. The fourth-order valence-electron chi connectivity index (χ4n) is 0.558. The van der Waals surface area contributed by atoms with Crippen molar-refractivity contribution < 1.29 is 8.85 Å². The lowest BCUT2D eigenvalue weighted by molar-refractivity contribution is 0.227. The molecule has 0 unspecified atom stereocenters. The highest BCUT2D eigenvalue weighted by Gasteiger charge is 2.35. The first kappa shape index (κ1) is 8.81. The van der Waals surface area contributed by atoms with Crippen LogP contribution in [0, 0.1) is 5.92 Å². The second-order valence-corrected chi connectivity index (χ2v) is 7.61. The molecule has 0 heterocycles. The van der Waals surface area contributed by atoms with Crippen LogP contribution in [-0.2, 0) is 8.85 Å². The van der Waals surface area contributed by atoms with Gasteiger partial charge in [0.25, 0.3) is 0 Å². The van der Waals surface area contributed by atoms with Gasteiger partial charge in [-0.3, -0.25) is 0 Å². The molecule has 0 aromatic rings. The molecule has 0 atom stereocenters. The first-order valence-electron chi connectivity index (χ1n) is 3.21. The molecule has 0 radical (unpaired) electrons. The van der Waals surface area contributed by atoms with E-state index in [1.165, 1.54) is 20.0 Å². The second-order valence-electron chi connectivity index (χ2n) is 2.42. The predicted octanol–water partition coefficient (Wildman–Crippen LogP) is 1.97. The molecule has 5 heteroatoms. The van der Waals surface area contributed by atoms with Gasteiger partial charge in [-0.15, -0.1) is 0 Å². The summed E-state index contributed by atoms with van der Waals surface area (Å²) >= 11 is 11.3. The largest absolute Gasteiger partial charge is 0.551 e. The summed E-state index contributed by atoms with van der Waals surface area (Å²) in [6.45, 7) is 0.660. The molecule has 1 rings (SSSR count). The van der Waals surface area contributed by atoms with Crippen LogP contribution in [0.4, 0.5) is 0 Å². The van der Waals surface area contributed by atoms with Crippen LogP contribution >= 0.6 is 22.2 Å². The normalized spacial score (nSPS) is 19.5. The van der Waals surface area contributed by atoms with E-state index < -0.39 is 7.18 Å². The van der Waals surface area contributed by atoms with E-state index in [4.69, 9.17) is 31.0 Å². The molecule has 60 valence electrons. The van der Waals surface area contributed by atoms with Gasteiger partial charge in [0, 0.05) is 13.7 Å². The van der Waals surface area contributed by atoms with Crippen molar-refractivity contribution in [1.82, 2.24) is 0 Å². The number of hydrogen-bond donors (Lipinski definition) is 0. The van der Waals surface area contributed by atoms with Crippen LogP contribution in [0.5, 0.6) is 0 Å². The Labute approximate surface area is 71.1 Å². The Kier molecular flexibility index (Phi) is 3.00. The van der Waals surface area contributed by atoms with Gasteiger partial charge in [-0.25, -0.2) is 0 Å². The minimum atomic E-state index is -2.76. The van der Waals surface area contributed by atoms with Crippen LogP contribution in [0.2, 0.25) is 0 Å². The molecule has 0 saturated heterocycles. The maximum absolute atomic E-state index is 5.65. The summed E-state index contributed by atoms with van der Waals surface area (Å²) in [5.74, 6) is 0.680. The third-order valence-corrected chi connectivity index (χ3v) is 3.98. The van der Waals surface area contributed by atoms with Crippen LogP contribution in [0.3, 0.4) is 0 Å². The van der Waals surface area contributed by atoms with Gasteiger partial charge in [0.05, 0.1) is 0 Å². The molecule has 1 aliphatic rings. The molecule has 1 aliphatic carbocycles. The van der Waals surface area contributed by atoms with Gasteiger partial charge in [0.15, 0.2) is 0 Å². The SMILES string of the molecule is CO[Si](Cl)(Cl)OCC1CC1. The van der Waals surface area contributed by atoms with E-state index in [0.717, 1.165) is 0 Å². The second kappa shape index (κ2) is 3.41. The van der Waals surface area contributed by atoms with Gasteiger partial charge in [-0.1, -0.05) is 22.2 Å². The zero-order chi connectivity index (χ0) is 7.61. The highest BCUT2D eigenvalue weighted by atomic mass is 35.7. The molecule has 0 spiro atoms. The standard InChI is InChI=1S/C5H10Cl2O2Si/c1-8-10(6,7)9-4-5-2-3-5/h5H,2-4H2,1H3. The summed E-state index contributed by atoms with van der Waals surface area (Å²) in [5, 5.41) is 0. The average Bonchev–Trinajstić information content (AvgIpc) is 2.66. The minimum absolute atomic E-state index is 0.660. The molecular formula is C5H10Cl2O2Si. The first-order valence-corrected chi connectivity index (χ1v) is 7.05. The molecule has 0 N–H and O–H groups in total. The van der Waals surface area contributed by atoms with E-state index in [1.807, 2.05) is 0 Å². The molecule has 2 nitrogen and oxygen atoms in total. The Balaban J connectivity index is 2.09. The Bertz CT molecular complexity index is 116. The van der Waals surface area contributed by atoms with E-state index >= 15 is 0 Å². The van der Waals surface area contributed by atoms with Gasteiger partial charge >= 0.3 is 7.18 Å². The molecule has 1 saturated carbocycles. The summed E-state index contributed by atoms with van der Waals surface area (Å²) in [4.78, 5) is 0. The van der Waals surface area contributed by atoms with Gasteiger partial charge in [0.1, 0.15) is 0 Å².